The number of carbonyl (C=O) groups is 1. The first-order valence-corrected chi connectivity index (χ1v) is 7.50. The van der Waals surface area contributed by atoms with Crippen LogP contribution in [0.2, 0.25) is 0 Å². The van der Waals surface area contributed by atoms with E-state index in [1.54, 1.807) is 6.20 Å². The molecule has 0 spiro atoms. The number of nitrogens with zero attached hydrogens (tertiary/aromatic N) is 2. The van der Waals surface area contributed by atoms with Gasteiger partial charge in [-0.1, -0.05) is 18.2 Å². The molecule has 114 valence electrons. The lowest BCUT2D eigenvalue weighted by Gasteiger charge is -2.14. The van der Waals surface area contributed by atoms with Gasteiger partial charge in [0, 0.05) is 12.7 Å². The van der Waals surface area contributed by atoms with E-state index in [0.29, 0.717) is 24.8 Å². The molecule has 0 saturated heterocycles. The predicted octanol–water partition coefficient (Wildman–Crippen LogP) is 2.16. The zero-order valence-corrected chi connectivity index (χ0v) is 12.6. The summed E-state index contributed by atoms with van der Waals surface area (Å²) in [6.07, 6.45) is 4.95. The van der Waals surface area contributed by atoms with Crippen LogP contribution in [0.5, 0.6) is 5.75 Å². The topological polar surface area (TPSA) is 64.1 Å². The Labute approximate surface area is 129 Å². The minimum atomic E-state index is -0.175. The highest BCUT2D eigenvalue weighted by Gasteiger charge is 2.18. The number of hydrogen-bond donors (Lipinski definition) is 1. The van der Waals surface area contributed by atoms with Crippen LogP contribution >= 0.6 is 0 Å². The van der Waals surface area contributed by atoms with Gasteiger partial charge in [0.1, 0.15) is 11.4 Å². The van der Waals surface area contributed by atoms with Crippen LogP contribution in [0.15, 0.2) is 36.7 Å². The summed E-state index contributed by atoms with van der Waals surface area (Å²) in [5, 5.41) is 2.95. The lowest BCUT2D eigenvalue weighted by atomic mass is 9.97. The smallest absolute Gasteiger partial charge is 0.271 e. The van der Waals surface area contributed by atoms with Gasteiger partial charge in [0.05, 0.1) is 18.5 Å². The lowest BCUT2D eigenvalue weighted by molar-refractivity contribution is 0.0940. The molecule has 1 amide bonds. The van der Waals surface area contributed by atoms with Crippen LogP contribution in [0.1, 0.15) is 28.2 Å². The molecule has 1 aromatic heterocycles. The Morgan fingerprint density at radius 3 is 3.00 bits per heavy atom. The van der Waals surface area contributed by atoms with Crippen molar-refractivity contribution in [2.24, 2.45) is 5.92 Å². The SMILES string of the molecule is Cc1cnc(C(=O)NC[C@H]2CCOc3ccccc3C2)cn1. The first-order chi connectivity index (χ1) is 10.7. The second-order valence-corrected chi connectivity index (χ2v) is 5.57. The summed E-state index contributed by atoms with van der Waals surface area (Å²) in [4.78, 5) is 20.3. The third kappa shape index (κ3) is 3.42. The van der Waals surface area contributed by atoms with Gasteiger partial charge in [0.15, 0.2) is 0 Å². The van der Waals surface area contributed by atoms with E-state index in [1.165, 1.54) is 11.8 Å². The maximum Gasteiger partial charge on any atom is 0.271 e. The molecular formula is C17H19N3O2. The summed E-state index contributed by atoms with van der Waals surface area (Å²) in [6, 6.07) is 8.08. The molecular weight excluding hydrogens is 278 g/mol. The second-order valence-electron chi connectivity index (χ2n) is 5.57. The number of amides is 1. The highest BCUT2D eigenvalue weighted by molar-refractivity contribution is 5.91. The van der Waals surface area contributed by atoms with E-state index in [0.717, 1.165) is 24.3 Å². The van der Waals surface area contributed by atoms with E-state index in [1.807, 2.05) is 25.1 Å². The minimum absolute atomic E-state index is 0.175. The molecule has 1 aromatic carbocycles. The number of para-hydroxylation sites is 1. The Balaban J connectivity index is 1.59. The molecule has 2 aromatic rings. The first kappa shape index (κ1) is 14.5. The molecule has 0 unspecified atom stereocenters. The van der Waals surface area contributed by atoms with Gasteiger partial charge in [-0.3, -0.25) is 9.78 Å². The molecule has 3 rings (SSSR count). The summed E-state index contributed by atoms with van der Waals surface area (Å²) in [5.74, 6) is 1.15. The van der Waals surface area contributed by atoms with Crippen molar-refractivity contribution in [1.82, 2.24) is 15.3 Å². The molecule has 0 radical (unpaired) electrons. The zero-order valence-electron chi connectivity index (χ0n) is 12.6. The monoisotopic (exact) mass is 297 g/mol. The molecule has 1 aliphatic rings. The van der Waals surface area contributed by atoms with E-state index in [4.69, 9.17) is 4.74 Å². The van der Waals surface area contributed by atoms with Crippen molar-refractivity contribution >= 4 is 5.91 Å². The second kappa shape index (κ2) is 6.56. The molecule has 5 nitrogen and oxygen atoms in total. The molecule has 0 saturated carbocycles. The van der Waals surface area contributed by atoms with Crippen molar-refractivity contribution in [2.45, 2.75) is 19.8 Å². The van der Waals surface area contributed by atoms with Crippen molar-refractivity contribution < 1.29 is 9.53 Å². The fourth-order valence-corrected chi connectivity index (χ4v) is 2.57. The number of ether oxygens (including phenoxy) is 1. The molecule has 0 fully saturated rings. The van der Waals surface area contributed by atoms with Crippen LogP contribution in [-0.2, 0) is 6.42 Å². The number of nitrogens with one attached hydrogen (secondary N) is 1. The summed E-state index contributed by atoms with van der Waals surface area (Å²) in [6.45, 7) is 3.14. The Hall–Kier alpha value is -2.43. The van der Waals surface area contributed by atoms with Gasteiger partial charge >= 0.3 is 0 Å². The van der Waals surface area contributed by atoms with Gasteiger partial charge < -0.3 is 10.1 Å². The molecule has 22 heavy (non-hydrogen) atoms. The van der Waals surface area contributed by atoms with Crippen LogP contribution in [0.4, 0.5) is 0 Å². The van der Waals surface area contributed by atoms with Crippen molar-refractivity contribution in [3.63, 3.8) is 0 Å². The standard InChI is InChI=1S/C17H19N3O2/c1-12-9-19-15(11-18-12)17(21)20-10-13-6-7-22-16-5-3-2-4-14(16)8-13/h2-5,9,11,13H,6-8,10H2,1H3,(H,20,21)/t13-/m0/s1. The van der Waals surface area contributed by atoms with Gasteiger partial charge in [-0.05, 0) is 37.3 Å². The number of fused-ring (bicyclic) bond motifs is 1. The lowest BCUT2D eigenvalue weighted by Crippen LogP contribution is -2.31. The number of hydrogen-bond acceptors (Lipinski definition) is 4. The summed E-state index contributed by atoms with van der Waals surface area (Å²) in [5.41, 5.74) is 2.36. The normalized spacial score (nSPS) is 17.0. The summed E-state index contributed by atoms with van der Waals surface area (Å²) < 4.78 is 5.75. The number of aryl methyl sites for hydroxylation is 1. The Morgan fingerprint density at radius 2 is 2.18 bits per heavy atom. The Kier molecular flexibility index (Phi) is 4.32. The quantitative estimate of drug-likeness (QED) is 0.943. The van der Waals surface area contributed by atoms with Gasteiger partial charge in [-0.2, -0.15) is 0 Å². The molecule has 0 bridgehead atoms. The molecule has 5 heteroatoms. The average molecular weight is 297 g/mol. The molecule has 1 aliphatic heterocycles. The number of rotatable bonds is 3. The minimum Gasteiger partial charge on any atom is -0.493 e. The van der Waals surface area contributed by atoms with E-state index < -0.39 is 0 Å². The third-order valence-electron chi connectivity index (χ3n) is 3.83. The van der Waals surface area contributed by atoms with E-state index >= 15 is 0 Å². The third-order valence-corrected chi connectivity index (χ3v) is 3.83. The summed E-state index contributed by atoms with van der Waals surface area (Å²) >= 11 is 0. The van der Waals surface area contributed by atoms with E-state index in [-0.39, 0.29) is 5.91 Å². The summed E-state index contributed by atoms with van der Waals surface area (Å²) in [7, 11) is 0. The van der Waals surface area contributed by atoms with Crippen molar-refractivity contribution in [3.05, 3.63) is 53.6 Å². The first-order valence-electron chi connectivity index (χ1n) is 7.50. The van der Waals surface area contributed by atoms with Crippen LogP contribution < -0.4 is 10.1 Å². The van der Waals surface area contributed by atoms with Crippen LogP contribution in [0.25, 0.3) is 0 Å². The fraction of sp³-hybridized carbons (Fsp3) is 0.353. The van der Waals surface area contributed by atoms with Crippen molar-refractivity contribution in [1.29, 1.82) is 0 Å². The van der Waals surface area contributed by atoms with E-state index in [2.05, 4.69) is 21.4 Å². The van der Waals surface area contributed by atoms with Gasteiger partial charge in [-0.25, -0.2) is 4.98 Å². The maximum atomic E-state index is 12.1. The number of aromatic nitrogens is 2. The van der Waals surface area contributed by atoms with E-state index in [9.17, 15) is 4.79 Å². The molecule has 1 atom stereocenters. The highest BCUT2D eigenvalue weighted by atomic mass is 16.5. The highest BCUT2D eigenvalue weighted by Crippen LogP contribution is 2.26. The van der Waals surface area contributed by atoms with Crippen LogP contribution in [0.3, 0.4) is 0 Å². The van der Waals surface area contributed by atoms with Crippen LogP contribution in [-0.4, -0.2) is 29.0 Å². The predicted molar refractivity (Wildman–Crippen MR) is 82.9 cm³/mol. The maximum absolute atomic E-state index is 12.1. The molecule has 2 heterocycles. The van der Waals surface area contributed by atoms with Crippen LogP contribution in [0, 0.1) is 12.8 Å². The zero-order chi connectivity index (χ0) is 15.4. The largest absolute Gasteiger partial charge is 0.493 e. The Morgan fingerprint density at radius 1 is 1.32 bits per heavy atom. The fourth-order valence-electron chi connectivity index (χ4n) is 2.57. The van der Waals surface area contributed by atoms with Gasteiger partial charge in [0.2, 0.25) is 0 Å². The van der Waals surface area contributed by atoms with Crippen molar-refractivity contribution in [2.75, 3.05) is 13.2 Å². The Bertz CT molecular complexity index is 655. The number of benzene rings is 1. The molecule has 0 aliphatic carbocycles. The molecule has 1 N–H and O–H groups in total. The average Bonchev–Trinajstić information content (AvgIpc) is 2.75. The number of carbonyl (C=O) groups excluding carboxylic acids is 1. The van der Waals surface area contributed by atoms with Gasteiger partial charge in [0.25, 0.3) is 5.91 Å². The van der Waals surface area contributed by atoms with Gasteiger partial charge in [-0.15, -0.1) is 0 Å². The van der Waals surface area contributed by atoms with Crippen molar-refractivity contribution in [3.8, 4) is 5.75 Å².